The van der Waals surface area contributed by atoms with Crippen molar-refractivity contribution in [1.29, 1.82) is 0 Å². The normalized spacial score (nSPS) is 14.7. The zero-order chi connectivity index (χ0) is 25.7. The maximum atomic E-state index is 13.5. The maximum absolute atomic E-state index is 13.5. The summed E-state index contributed by atoms with van der Waals surface area (Å²) >= 11 is 0. The van der Waals surface area contributed by atoms with Crippen molar-refractivity contribution in [2.45, 2.75) is 51.7 Å². The monoisotopic (exact) mass is 509 g/mol. The van der Waals surface area contributed by atoms with Gasteiger partial charge in [0.25, 0.3) is 0 Å². The third-order valence-corrected chi connectivity index (χ3v) is 8.73. The summed E-state index contributed by atoms with van der Waals surface area (Å²) in [5.74, 6) is 2.32. The van der Waals surface area contributed by atoms with Crippen LogP contribution in [0, 0.1) is 11.8 Å². The lowest BCUT2D eigenvalue weighted by Crippen LogP contribution is -2.41. The third-order valence-electron chi connectivity index (χ3n) is 6.70. The van der Waals surface area contributed by atoms with E-state index < -0.39 is 10.0 Å². The SMILES string of the molecule is CC(Cc1ccc(OCc2ccccc2)cc1)C(C)CN(C(C)C)S(=O)(=O)c1ccc2c(c1)OCO2. The van der Waals surface area contributed by atoms with Gasteiger partial charge in [-0.2, -0.15) is 4.31 Å². The van der Waals surface area contributed by atoms with Gasteiger partial charge < -0.3 is 14.2 Å². The average molecular weight is 510 g/mol. The minimum Gasteiger partial charge on any atom is -0.489 e. The first-order chi connectivity index (χ1) is 17.2. The van der Waals surface area contributed by atoms with E-state index in [2.05, 4.69) is 26.0 Å². The van der Waals surface area contributed by atoms with Crippen LogP contribution in [0.3, 0.4) is 0 Å². The highest BCUT2D eigenvalue weighted by atomic mass is 32.2. The molecule has 0 fully saturated rings. The van der Waals surface area contributed by atoms with Crippen LogP contribution in [0.2, 0.25) is 0 Å². The van der Waals surface area contributed by atoms with E-state index in [-0.39, 0.29) is 29.6 Å². The van der Waals surface area contributed by atoms with Crippen molar-refractivity contribution in [2.75, 3.05) is 13.3 Å². The lowest BCUT2D eigenvalue weighted by atomic mass is 9.89. The molecule has 0 saturated heterocycles. The number of sulfonamides is 1. The molecule has 4 rings (SSSR count). The Labute approximate surface area is 214 Å². The van der Waals surface area contributed by atoms with Crippen molar-refractivity contribution in [1.82, 2.24) is 4.31 Å². The molecule has 0 aromatic heterocycles. The quantitative estimate of drug-likeness (QED) is 0.322. The zero-order valence-electron chi connectivity index (χ0n) is 21.4. The van der Waals surface area contributed by atoms with Gasteiger partial charge in [0, 0.05) is 18.7 Å². The van der Waals surface area contributed by atoms with E-state index in [0.29, 0.717) is 24.7 Å². The van der Waals surface area contributed by atoms with Gasteiger partial charge in [0.2, 0.25) is 16.8 Å². The predicted molar refractivity (Wildman–Crippen MR) is 141 cm³/mol. The zero-order valence-corrected chi connectivity index (χ0v) is 22.2. The topological polar surface area (TPSA) is 65.1 Å². The number of fused-ring (bicyclic) bond motifs is 1. The molecule has 2 atom stereocenters. The van der Waals surface area contributed by atoms with Gasteiger partial charge in [0.1, 0.15) is 12.4 Å². The van der Waals surface area contributed by atoms with Gasteiger partial charge in [-0.3, -0.25) is 0 Å². The van der Waals surface area contributed by atoms with Crippen LogP contribution >= 0.6 is 0 Å². The van der Waals surface area contributed by atoms with Crippen molar-refractivity contribution in [3.05, 3.63) is 83.9 Å². The molecule has 3 aromatic carbocycles. The first-order valence-electron chi connectivity index (χ1n) is 12.4. The van der Waals surface area contributed by atoms with Crippen LogP contribution in [-0.2, 0) is 23.1 Å². The smallest absolute Gasteiger partial charge is 0.243 e. The average Bonchev–Trinajstić information content (AvgIpc) is 3.35. The summed E-state index contributed by atoms with van der Waals surface area (Å²) in [6.45, 7) is 9.21. The fourth-order valence-electron chi connectivity index (χ4n) is 4.26. The minimum atomic E-state index is -3.68. The molecule has 1 aliphatic rings. The Morgan fingerprint density at radius 2 is 1.53 bits per heavy atom. The van der Waals surface area contributed by atoms with E-state index >= 15 is 0 Å². The molecule has 0 aliphatic carbocycles. The Morgan fingerprint density at radius 1 is 0.833 bits per heavy atom. The first-order valence-corrected chi connectivity index (χ1v) is 13.8. The fraction of sp³-hybridized carbons (Fsp3) is 0.379. The molecular formula is C29H35NO5S. The lowest BCUT2D eigenvalue weighted by molar-refractivity contribution is 0.174. The number of hydrogen-bond acceptors (Lipinski definition) is 5. The van der Waals surface area contributed by atoms with Crippen molar-refractivity contribution in [2.24, 2.45) is 11.8 Å². The molecule has 36 heavy (non-hydrogen) atoms. The molecule has 3 aromatic rings. The molecule has 2 unspecified atom stereocenters. The minimum absolute atomic E-state index is 0.113. The van der Waals surface area contributed by atoms with E-state index in [1.165, 1.54) is 5.56 Å². The van der Waals surface area contributed by atoms with E-state index in [0.717, 1.165) is 17.7 Å². The van der Waals surface area contributed by atoms with Gasteiger partial charge in [-0.25, -0.2) is 8.42 Å². The van der Waals surface area contributed by atoms with Crippen LogP contribution in [0.5, 0.6) is 17.2 Å². The second-order valence-electron chi connectivity index (χ2n) is 9.76. The van der Waals surface area contributed by atoms with Gasteiger partial charge in [-0.05, 0) is 67.5 Å². The predicted octanol–water partition coefficient (Wildman–Crippen LogP) is 5.91. The third kappa shape index (κ3) is 6.20. The highest BCUT2D eigenvalue weighted by molar-refractivity contribution is 7.89. The van der Waals surface area contributed by atoms with E-state index in [1.807, 2.05) is 56.3 Å². The molecule has 1 heterocycles. The first kappa shape index (κ1) is 26.0. The summed E-state index contributed by atoms with van der Waals surface area (Å²) < 4.78 is 45.2. The van der Waals surface area contributed by atoms with Crippen LogP contribution in [0.4, 0.5) is 0 Å². The standard InChI is InChI=1S/C29H35NO5S/c1-21(2)30(36(31,32)27-14-15-28-29(17-27)35-20-34-28)18-23(4)22(3)16-24-10-12-26(13-11-24)33-19-25-8-6-5-7-9-25/h5-15,17,21-23H,16,18-20H2,1-4H3. The van der Waals surface area contributed by atoms with Crippen molar-refractivity contribution in [3.8, 4) is 17.2 Å². The van der Waals surface area contributed by atoms with Gasteiger partial charge in [-0.1, -0.05) is 56.3 Å². The van der Waals surface area contributed by atoms with Crippen LogP contribution in [0.1, 0.15) is 38.8 Å². The summed E-state index contributed by atoms with van der Waals surface area (Å²) in [5.41, 5.74) is 2.34. The number of benzene rings is 3. The number of rotatable bonds is 11. The van der Waals surface area contributed by atoms with Gasteiger partial charge in [0.05, 0.1) is 4.90 Å². The molecule has 0 amide bonds. The largest absolute Gasteiger partial charge is 0.489 e. The molecule has 6 nitrogen and oxygen atoms in total. The van der Waals surface area contributed by atoms with E-state index in [4.69, 9.17) is 14.2 Å². The molecule has 0 bridgehead atoms. The molecule has 192 valence electrons. The number of hydrogen-bond donors (Lipinski definition) is 0. The van der Waals surface area contributed by atoms with Gasteiger partial charge >= 0.3 is 0 Å². The number of ether oxygens (including phenoxy) is 3. The molecular weight excluding hydrogens is 474 g/mol. The van der Waals surface area contributed by atoms with Gasteiger partial charge in [-0.15, -0.1) is 0 Å². The second-order valence-corrected chi connectivity index (χ2v) is 11.7. The molecule has 0 radical (unpaired) electrons. The van der Waals surface area contributed by atoms with Crippen LogP contribution in [0.25, 0.3) is 0 Å². The highest BCUT2D eigenvalue weighted by Gasteiger charge is 2.31. The number of nitrogens with zero attached hydrogens (tertiary/aromatic N) is 1. The Hall–Kier alpha value is -3.03. The molecule has 7 heteroatoms. The highest BCUT2D eigenvalue weighted by Crippen LogP contribution is 2.35. The summed E-state index contributed by atoms with van der Waals surface area (Å²) in [7, 11) is -3.68. The molecule has 1 aliphatic heterocycles. The lowest BCUT2D eigenvalue weighted by Gasteiger charge is -2.31. The van der Waals surface area contributed by atoms with E-state index in [1.54, 1.807) is 22.5 Å². The molecule has 0 saturated carbocycles. The van der Waals surface area contributed by atoms with Crippen LogP contribution in [0.15, 0.2) is 77.7 Å². The Balaban J connectivity index is 1.37. The van der Waals surface area contributed by atoms with Crippen LogP contribution < -0.4 is 14.2 Å². The molecule has 0 spiro atoms. The van der Waals surface area contributed by atoms with Crippen LogP contribution in [-0.4, -0.2) is 32.1 Å². The fourth-order valence-corrected chi connectivity index (χ4v) is 6.01. The van der Waals surface area contributed by atoms with E-state index in [9.17, 15) is 8.42 Å². The van der Waals surface area contributed by atoms with Gasteiger partial charge in [0.15, 0.2) is 11.5 Å². The summed E-state index contributed by atoms with van der Waals surface area (Å²) in [5, 5.41) is 0. The van der Waals surface area contributed by atoms with Crippen molar-refractivity contribution in [3.63, 3.8) is 0 Å². The summed E-state index contributed by atoms with van der Waals surface area (Å²) in [6, 6.07) is 22.9. The second kappa shape index (κ2) is 11.4. The summed E-state index contributed by atoms with van der Waals surface area (Å²) in [6.07, 6.45) is 0.857. The maximum Gasteiger partial charge on any atom is 0.243 e. The summed E-state index contributed by atoms with van der Waals surface area (Å²) in [4.78, 5) is 0.228. The molecule has 0 N–H and O–H groups in total. The van der Waals surface area contributed by atoms with Crippen molar-refractivity contribution >= 4 is 10.0 Å². The van der Waals surface area contributed by atoms with Crippen molar-refractivity contribution < 1.29 is 22.6 Å². The Bertz CT molecular complexity index is 1240. The Morgan fingerprint density at radius 3 is 2.22 bits per heavy atom. The Kier molecular flexibility index (Phi) is 8.21.